The molecule has 0 aromatic heterocycles. The van der Waals surface area contributed by atoms with Crippen LogP contribution in [0.3, 0.4) is 0 Å². The molecule has 17 heavy (non-hydrogen) atoms. The van der Waals surface area contributed by atoms with Crippen molar-refractivity contribution in [2.24, 2.45) is 11.8 Å². The Balaban J connectivity index is 2.15. The Morgan fingerprint density at radius 2 is 1.88 bits per heavy atom. The van der Waals surface area contributed by atoms with Gasteiger partial charge in [0, 0.05) is 16.5 Å². The summed E-state index contributed by atoms with van der Waals surface area (Å²) in [7, 11) is 0. The van der Waals surface area contributed by atoms with Crippen molar-refractivity contribution >= 4 is 27.5 Å². The second kappa shape index (κ2) is 5.13. The standard InChI is InChI=1S/C14H15BrO2/c1-9-2-7-12(13(16)8-9)14(17)10-3-5-11(15)6-4-10/h3-6,9,12H,2,7-8H2,1H3. The summed E-state index contributed by atoms with van der Waals surface area (Å²) in [4.78, 5) is 24.0. The molecule has 0 spiro atoms. The van der Waals surface area contributed by atoms with E-state index in [1.54, 1.807) is 12.1 Å². The van der Waals surface area contributed by atoms with Crippen LogP contribution in [-0.2, 0) is 4.79 Å². The number of hydrogen-bond donors (Lipinski definition) is 0. The molecule has 1 aliphatic rings. The number of halogens is 1. The average molecular weight is 295 g/mol. The molecular weight excluding hydrogens is 280 g/mol. The zero-order valence-electron chi connectivity index (χ0n) is 9.78. The molecule has 2 rings (SSSR count). The second-order valence-corrected chi connectivity index (χ2v) is 5.69. The Labute approximate surface area is 110 Å². The highest BCUT2D eigenvalue weighted by Crippen LogP contribution is 2.28. The fourth-order valence-corrected chi connectivity index (χ4v) is 2.56. The number of Topliss-reactive ketones (excluding diaryl/α,β-unsaturated/α-hetero) is 2. The maximum Gasteiger partial charge on any atom is 0.173 e. The quantitative estimate of drug-likeness (QED) is 0.616. The van der Waals surface area contributed by atoms with Gasteiger partial charge in [-0.2, -0.15) is 0 Å². The van der Waals surface area contributed by atoms with E-state index in [1.807, 2.05) is 12.1 Å². The van der Waals surface area contributed by atoms with E-state index >= 15 is 0 Å². The summed E-state index contributed by atoms with van der Waals surface area (Å²) in [5, 5.41) is 0. The molecule has 3 heteroatoms. The first-order valence-corrected chi connectivity index (χ1v) is 6.69. The summed E-state index contributed by atoms with van der Waals surface area (Å²) < 4.78 is 0.942. The van der Waals surface area contributed by atoms with Gasteiger partial charge in [0.2, 0.25) is 0 Å². The topological polar surface area (TPSA) is 34.1 Å². The predicted molar refractivity (Wildman–Crippen MR) is 70.0 cm³/mol. The van der Waals surface area contributed by atoms with E-state index in [9.17, 15) is 9.59 Å². The number of rotatable bonds is 2. The first kappa shape index (κ1) is 12.5. The fraction of sp³-hybridized carbons (Fsp3) is 0.429. The van der Waals surface area contributed by atoms with Crippen molar-refractivity contribution in [2.45, 2.75) is 26.2 Å². The highest BCUT2D eigenvalue weighted by molar-refractivity contribution is 9.10. The van der Waals surface area contributed by atoms with Crippen LogP contribution in [0.5, 0.6) is 0 Å². The summed E-state index contributed by atoms with van der Waals surface area (Å²) in [5.41, 5.74) is 0.640. The molecule has 1 saturated carbocycles. The van der Waals surface area contributed by atoms with Crippen LogP contribution >= 0.6 is 15.9 Å². The van der Waals surface area contributed by atoms with Crippen LogP contribution in [0.4, 0.5) is 0 Å². The highest BCUT2D eigenvalue weighted by Gasteiger charge is 2.32. The minimum atomic E-state index is -0.410. The van der Waals surface area contributed by atoms with Crippen molar-refractivity contribution in [2.75, 3.05) is 0 Å². The number of hydrogen-bond acceptors (Lipinski definition) is 2. The normalized spacial score (nSPS) is 24.7. The summed E-state index contributed by atoms with van der Waals surface area (Å²) in [6.07, 6.45) is 2.22. The zero-order chi connectivity index (χ0) is 12.4. The van der Waals surface area contributed by atoms with Gasteiger partial charge >= 0.3 is 0 Å². The number of carbonyl (C=O) groups is 2. The molecule has 1 aliphatic carbocycles. The van der Waals surface area contributed by atoms with Gasteiger partial charge in [0.25, 0.3) is 0 Å². The molecule has 0 heterocycles. The van der Waals surface area contributed by atoms with E-state index in [-0.39, 0.29) is 11.6 Å². The largest absolute Gasteiger partial charge is 0.299 e. The predicted octanol–water partition coefficient (Wildman–Crippen LogP) is 3.64. The van der Waals surface area contributed by atoms with Crippen molar-refractivity contribution in [1.29, 1.82) is 0 Å². The van der Waals surface area contributed by atoms with E-state index in [0.29, 0.717) is 24.3 Å². The van der Waals surface area contributed by atoms with Crippen LogP contribution in [-0.4, -0.2) is 11.6 Å². The molecule has 0 amide bonds. The van der Waals surface area contributed by atoms with Gasteiger partial charge in [0.1, 0.15) is 5.78 Å². The maximum absolute atomic E-state index is 12.2. The van der Waals surface area contributed by atoms with E-state index in [2.05, 4.69) is 22.9 Å². The third-order valence-corrected chi connectivity index (χ3v) is 3.86. The lowest BCUT2D eigenvalue weighted by Crippen LogP contribution is -2.30. The second-order valence-electron chi connectivity index (χ2n) is 4.78. The van der Waals surface area contributed by atoms with Crippen LogP contribution in [0, 0.1) is 11.8 Å². The van der Waals surface area contributed by atoms with E-state index in [1.165, 1.54) is 0 Å². The van der Waals surface area contributed by atoms with Gasteiger partial charge in [-0.1, -0.05) is 35.0 Å². The first-order chi connectivity index (χ1) is 8.08. The molecule has 0 radical (unpaired) electrons. The van der Waals surface area contributed by atoms with Gasteiger partial charge in [-0.05, 0) is 30.9 Å². The summed E-state index contributed by atoms with van der Waals surface area (Å²) in [6.45, 7) is 2.07. The lowest BCUT2D eigenvalue weighted by atomic mass is 9.78. The van der Waals surface area contributed by atoms with E-state index in [0.717, 1.165) is 10.9 Å². The maximum atomic E-state index is 12.2. The monoisotopic (exact) mass is 294 g/mol. The molecule has 2 nitrogen and oxygen atoms in total. The Morgan fingerprint density at radius 3 is 2.47 bits per heavy atom. The number of carbonyl (C=O) groups excluding carboxylic acids is 2. The van der Waals surface area contributed by atoms with Crippen molar-refractivity contribution in [3.8, 4) is 0 Å². The van der Waals surface area contributed by atoms with E-state index < -0.39 is 5.92 Å². The Morgan fingerprint density at radius 1 is 1.24 bits per heavy atom. The highest BCUT2D eigenvalue weighted by atomic mass is 79.9. The van der Waals surface area contributed by atoms with E-state index in [4.69, 9.17) is 0 Å². The van der Waals surface area contributed by atoms with Gasteiger partial charge in [-0.25, -0.2) is 0 Å². The van der Waals surface area contributed by atoms with Gasteiger partial charge in [-0.3, -0.25) is 9.59 Å². The molecule has 90 valence electrons. The average Bonchev–Trinajstić information content (AvgIpc) is 2.29. The van der Waals surface area contributed by atoms with Crippen LogP contribution in [0.15, 0.2) is 28.7 Å². The third kappa shape index (κ3) is 2.83. The van der Waals surface area contributed by atoms with Crippen LogP contribution < -0.4 is 0 Å². The van der Waals surface area contributed by atoms with Crippen molar-refractivity contribution in [3.05, 3.63) is 34.3 Å². The van der Waals surface area contributed by atoms with Crippen LogP contribution in [0.1, 0.15) is 36.5 Å². The van der Waals surface area contributed by atoms with Crippen molar-refractivity contribution < 1.29 is 9.59 Å². The summed E-state index contributed by atoms with van der Waals surface area (Å²) >= 11 is 3.33. The molecule has 0 saturated heterocycles. The molecule has 2 atom stereocenters. The minimum Gasteiger partial charge on any atom is -0.299 e. The lowest BCUT2D eigenvalue weighted by Gasteiger charge is -2.23. The third-order valence-electron chi connectivity index (χ3n) is 3.33. The Bertz CT molecular complexity index is 436. The van der Waals surface area contributed by atoms with Crippen molar-refractivity contribution in [1.82, 2.24) is 0 Å². The van der Waals surface area contributed by atoms with Crippen molar-refractivity contribution in [3.63, 3.8) is 0 Å². The van der Waals surface area contributed by atoms with Crippen LogP contribution in [0.25, 0.3) is 0 Å². The molecular formula is C14H15BrO2. The molecule has 1 aromatic carbocycles. The van der Waals surface area contributed by atoms with Gasteiger partial charge in [0.05, 0.1) is 5.92 Å². The first-order valence-electron chi connectivity index (χ1n) is 5.90. The molecule has 2 unspecified atom stereocenters. The Kier molecular flexibility index (Phi) is 3.77. The molecule has 0 bridgehead atoms. The SMILES string of the molecule is CC1CCC(C(=O)c2ccc(Br)cc2)C(=O)C1. The van der Waals surface area contributed by atoms with Gasteiger partial charge in [-0.15, -0.1) is 0 Å². The molecule has 1 fully saturated rings. The molecule has 0 N–H and O–H groups in total. The minimum absolute atomic E-state index is 0.0191. The molecule has 1 aromatic rings. The smallest absolute Gasteiger partial charge is 0.173 e. The molecule has 0 aliphatic heterocycles. The zero-order valence-corrected chi connectivity index (χ0v) is 11.4. The lowest BCUT2D eigenvalue weighted by molar-refractivity contribution is -0.124. The number of ketones is 2. The Hall–Kier alpha value is -0.960. The van der Waals surface area contributed by atoms with Crippen LogP contribution in [0.2, 0.25) is 0 Å². The van der Waals surface area contributed by atoms with Gasteiger partial charge < -0.3 is 0 Å². The summed E-state index contributed by atoms with van der Waals surface area (Å²) in [5.74, 6) is 0.106. The number of benzene rings is 1. The fourth-order valence-electron chi connectivity index (χ4n) is 2.29. The summed E-state index contributed by atoms with van der Waals surface area (Å²) in [6, 6.07) is 7.22. The van der Waals surface area contributed by atoms with Gasteiger partial charge in [0.15, 0.2) is 5.78 Å².